The van der Waals surface area contributed by atoms with E-state index in [1.165, 1.54) is 0 Å². The Labute approximate surface area is 143 Å². The van der Waals surface area contributed by atoms with Gasteiger partial charge in [-0.1, -0.05) is 34.5 Å². The maximum Gasteiger partial charge on any atom is 0.258 e. The fourth-order valence-electron chi connectivity index (χ4n) is 1.76. The second-order valence-corrected chi connectivity index (χ2v) is 6.23. The first-order valence-corrected chi connectivity index (χ1v) is 8.17. The molecule has 1 aromatic rings. The number of amides is 2. The molecule has 2 amide bonds. The van der Waals surface area contributed by atoms with E-state index in [0.29, 0.717) is 17.3 Å². The first-order chi connectivity index (χ1) is 10.3. The molecule has 0 saturated carbocycles. The first kappa shape index (κ1) is 18.8. The number of benzene rings is 1. The summed E-state index contributed by atoms with van der Waals surface area (Å²) in [4.78, 5) is 23.5. The zero-order chi connectivity index (χ0) is 16.7. The lowest BCUT2D eigenvalue weighted by atomic mass is 10.2. The number of nitrogens with one attached hydrogen (secondary N) is 2. The third-order valence-electron chi connectivity index (χ3n) is 2.86. The molecule has 0 fully saturated rings. The second kappa shape index (κ2) is 9.00. The molecule has 1 atom stereocenters. The molecule has 1 rings (SSSR count). The van der Waals surface area contributed by atoms with Gasteiger partial charge >= 0.3 is 0 Å². The molecule has 122 valence electrons. The van der Waals surface area contributed by atoms with Gasteiger partial charge in [0.1, 0.15) is 11.8 Å². The standard InChI is InChI=1S/C15H20BrClN2O3/c1-4-5-18-15(21)10(3)19-13(20)8-22-14-9(2)6-11(16)7-12(14)17/h6-7,10H,4-5,8H2,1-3H3,(H,18,21)(H,19,20). The molecule has 0 aliphatic heterocycles. The number of carbonyl (C=O) groups is 2. The van der Waals surface area contributed by atoms with Gasteiger partial charge in [0.2, 0.25) is 5.91 Å². The first-order valence-electron chi connectivity index (χ1n) is 7.00. The van der Waals surface area contributed by atoms with Crippen LogP contribution < -0.4 is 15.4 Å². The zero-order valence-corrected chi connectivity index (χ0v) is 15.2. The van der Waals surface area contributed by atoms with E-state index >= 15 is 0 Å². The number of hydrogen-bond donors (Lipinski definition) is 2. The van der Waals surface area contributed by atoms with Gasteiger partial charge in [0.05, 0.1) is 5.02 Å². The van der Waals surface area contributed by atoms with Crippen molar-refractivity contribution in [1.29, 1.82) is 0 Å². The van der Waals surface area contributed by atoms with Crippen LogP contribution in [0.5, 0.6) is 5.75 Å². The van der Waals surface area contributed by atoms with Gasteiger partial charge in [-0.25, -0.2) is 0 Å². The fourth-order valence-corrected chi connectivity index (χ4v) is 2.78. The maximum atomic E-state index is 11.8. The van der Waals surface area contributed by atoms with Crippen molar-refractivity contribution < 1.29 is 14.3 Å². The Bertz CT molecular complexity index is 529. The van der Waals surface area contributed by atoms with E-state index in [2.05, 4.69) is 26.6 Å². The van der Waals surface area contributed by atoms with Gasteiger partial charge in [-0.15, -0.1) is 0 Å². The monoisotopic (exact) mass is 390 g/mol. The number of rotatable bonds is 7. The predicted octanol–water partition coefficient (Wildman–Crippen LogP) is 2.82. The van der Waals surface area contributed by atoms with Crippen LogP contribution in [-0.2, 0) is 9.59 Å². The highest BCUT2D eigenvalue weighted by Gasteiger charge is 2.16. The van der Waals surface area contributed by atoms with Crippen molar-refractivity contribution in [3.63, 3.8) is 0 Å². The lowest BCUT2D eigenvalue weighted by Gasteiger charge is -2.15. The molecule has 22 heavy (non-hydrogen) atoms. The van der Waals surface area contributed by atoms with Crippen molar-refractivity contribution in [2.24, 2.45) is 0 Å². The smallest absolute Gasteiger partial charge is 0.258 e. The van der Waals surface area contributed by atoms with Gasteiger partial charge in [-0.2, -0.15) is 0 Å². The Balaban J connectivity index is 2.51. The molecule has 0 radical (unpaired) electrons. The topological polar surface area (TPSA) is 67.4 Å². The summed E-state index contributed by atoms with van der Waals surface area (Å²) in [5.41, 5.74) is 0.820. The Morgan fingerprint density at radius 3 is 2.68 bits per heavy atom. The van der Waals surface area contributed by atoms with Gasteiger partial charge in [0, 0.05) is 11.0 Å². The Hall–Kier alpha value is -1.27. The van der Waals surface area contributed by atoms with Crippen LogP contribution in [0.3, 0.4) is 0 Å². The van der Waals surface area contributed by atoms with Crippen LogP contribution in [0.15, 0.2) is 16.6 Å². The highest BCUT2D eigenvalue weighted by Crippen LogP contribution is 2.31. The Morgan fingerprint density at radius 1 is 1.41 bits per heavy atom. The zero-order valence-electron chi connectivity index (χ0n) is 12.8. The highest BCUT2D eigenvalue weighted by molar-refractivity contribution is 9.10. The molecule has 0 bridgehead atoms. The Kier molecular flexibility index (Phi) is 7.68. The van der Waals surface area contributed by atoms with E-state index in [1.54, 1.807) is 13.0 Å². The van der Waals surface area contributed by atoms with E-state index in [0.717, 1.165) is 16.5 Å². The summed E-state index contributed by atoms with van der Waals surface area (Å²) in [6.45, 7) is 5.81. The van der Waals surface area contributed by atoms with Crippen molar-refractivity contribution in [2.75, 3.05) is 13.2 Å². The van der Waals surface area contributed by atoms with E-state index < -0.39 is 6.04 Å². The highest BCUT2D eigenvalue weighted by atomic mass is 79.9. The molecule has 5 nitrogen and oxygen atoms in total. The van der Waals surface area contributed by atoms with Crippen LogP contribution >= 0.6 is 27.5 Å². The summed E-state index contributed by atoms with van der Waals surface area (Å²) >= 11 is 9.41. The third kappa shape index (κ3) is 5.85. The number of halogens is 2. The molecule has 7 heteroatoms. The summed E-state index contributed by atoms with van der Waals surface area (Å²) in [5, 5.41) is 5.72. The summed E-state index contributed by atoms with van der Waals surface area (Å²) in [5.74, 6) is -0.131. The molecule has 0 aromatic heterocycles. The van der Waals surface area contributed by atoms with Crippen LogP contribution in [0, 0.1) is 6.92 Å². The molecule has 1 unspecified atom stereocenters. The second-order valence-electron chi connectivity index (χ2n) is 4.90. The predicted molar refractivity (Wildman–Crippen MR) is 90.3 cm³/mol. The number of carbonyl (C=O) groups excluding carboxylic acids is 2. The summed E-state index contributed by atoms with van der Waals surface area (Å²) in [7, 11) is 0. The van der Waals surface area contributed by atoms with E-state index in [-0.39, 0.29) is 18.4 Å². The molecular formula is C15H20BrClN2O3. The lowest BCUT2D eigenvalue weighted by Crippen LogP contribution is -2.46. The minimum Gasteiger partial charge on any atom is -0.482 e. The molecule has 1 aromatic carbocycles. The van der Waals surface area contributed by atoms with Crippen LogP contribution in [-0.4, -0.2) is 31.0 Å². The van der Waals surface area contributed by atoms with Crippen LogP contribution in [0.25, 0.3) is 0 Å². The molecule has 0 aliphatic rings. The van der Waals surface area contributed by atoms with Crippen molar-refractivity contribution in [3.8, 4) is 5.75 Å². The quantitative estimate of drug-likeness (QED) is 0.751. The van der Waals surface area contributed by atoms with Crippen molar-refractivity contribution >= 4 is 39.3 Å². The summed E-state index contributed by atoms with van der Waals surface area (Å²) < 4.78 is 6.29. The van der Waals surface area contributed by atoms with Crippen LogP contribution in [0.1, 0.15) is 25.8 Å². The van der Waals surface area contributed by atoms with Crippen LogP contribution in [0.4, 0.5) is 0 Å². The van der Waals surface area contributed by atoms with Gasteiger partial charge in [-0.3, -0.25) is 9.59 Å². The van der Waals surface area contributed by atoms with Crippen molar-refractivity contribution in [3.05, 3.63) is 27.2 Å². The lowest BCUT2D eigenvalue weighted by molar-refractivity contribution is -0.129. The van der Waals surface area contributed by atoms with E-state index in [1.807, 2.05) is 19.9 Å². The fraction of sp³-hybridized carbons (Fsp3) is 0.467. The minimum absolute atomic E-state index is 0.201. The number of aryl methyl sites for hydroxylation is 1. The van der Waals surface area contributed by atoms with Gasteiger partial charge in [-0.05, 0) is 38.0 Å². The van der Waals surface area contributed by atoms with Gasteiger partial charge < -0.3 is 15.4 Å². The molecule has 0 spiro atoms. The number of ether oxygens (including phenoxy) is 1. The minimum atomic E-state index is -0.607. The normalized spacial score (nSPS) is 11.7. The largest absolute Gasteiger partial charge is 0.482 e. The Morgan fingerprint density at radius 2 is 2.09 bits per heavy atom. The summed E-state index contributed by atoms with van der Waals surface area (Å²) in [6, 6.07) is 2.94. The van der Waals surface area contributed by atoms with Crippen molar-refractivity contribution in [2.45, 2.75) is 33.2 Å². The third-order valence-corrected chi connectivity index (χ3v) is 3.60. The molecule has 0 saturated heterocycles. The number of hydrogen-bond acceptors (Lipinski definition) is 3. The molecule has 2 N–H and O–H groups in total. The average molecular weight is 392 g/mol. The maximum absolute atomic E-state index is 11.8. The van der Waals surface area contributed by atoms with Gasteiger partial charge in [0.25, 0.3) is 5.91 Å². The SMILES string of the molecule is CCCNC(=O)C(C)NC(=O)COc1c(C)cc(Br)cc1Cl. The molecule has 0 heterocycles. The average Bonchev–Trinajstić information content (AvgIpc) is 2.43. The van der Waals surface area contributed by atoms with E-state index in [4.69, 9.17) is 16.3 Å². The van der Waals surface area contributed by atoms with Crippen LogP contribution in [0.2, 0.25) is 5.02 Å². The summed E-state index contributed by atoms with van der Waals surface area (Å²) in [6.07, 6.45) is 0.844. The van der Waals surface area contributed by atoms with Crippen molar-refractivity contribution in [1.82, 2.24) is 10.6 Å². The molecular weight excluding hydrogens is 372 g/mol. The molecule has 0 aliphatic carbocycles. The van der Waals surface area contributed by atoms with Gasteiger partial charge in [0.15, 0.2) is 6.61 Å². The van der Waals surface area contributed by atoms with E-state index in [9.17, 15) is 9.59 Å².